The van der Waals surface area contributed by atoms with Crippen LogP contribution in [0.3, 0.4) is 0 Å². The number of carbonyl (C=O) groups excluding carboxylic acids is 4. The van der Waals surface area contributed by atoms with Gasteiger partial charge in [0, 0.05) is 92.0 Å². The lowest BCUT2D eigenvalue weighted by atomic mass is 9.90. The first-order chi connectivity index (χ1) is 37.5. The summed E-state index contributed by atoms with van der Waals surface area (Å²) in [5.74, 6) is -3.01. The van der Waals surface area contributed by atoms with E-state index >= 15 is 0 Å². The van der Waals surface area contributed by atoms with Gasteiger partial charge >= 0.3 is 19.8 Å². The zero-order valence-corrected chi connectivity index (χ0v) is 43.8. The van der Waals surface area contributed by atoms with Crippen molar-refractivity contribution in [1.29, 1.82) is 0 Å². The van der Waals surface area contributed by atoms with E-state index in [2.05, 4.69) is 26.2 Å². The van der Waals surface area contributed by atoms with E-state index < -0.39 is 57.5 Å². The van der Waals surface area contributed by atoms with Crippen molar-refractivity contribution in [1.82, 2.24) is 16.0 Å². The number of hydrogen-bond donors (Lipinski definition) is 7. The Kier molecular flexibility index (Phi) is 22.5. The van der Waals surface area contributed by atoms with Gasteiger partial charge in [0.25, 0.3) is 11.8 Å². The van der Waals surface area contributed by atoms with Gasteiger partial charge in [-0.25, -0.2) is 9.36 Å². The van der Waals surface area contributed by atoms with Gasteiger partial charge in [-0.1, -0.05) is 12.5 Å². The van der Waals surface area contributed by atoms with E-state index in [1.54, 1.807) is 30.3 Å². The first-order valence-corrected chi connectivity index (χ1v) is 26.3. The Hall–Kier alpha value is -7.89. The Labute approximate surface area is 448 Å². The molecule has 0 aromatic heterocycles. The van der Waals surface area contributed by atoms with Gasteiger partial charge in [-0.15, -0.1) is 0 Å². The Balaban J connectivity index is 0.751. The molecule has 7 N–H and O–H groups in total. The summed E-state index contributed by atoms with van der Waals surface area (Å²) in [7, 11) is -0.710. The standard InChI is InChI=1S/C54H61N6O17P/c1-60(2)39-14-12-38(13-15-39)59-58-37-10-7-35(8-11-37)52(66)56-22-5-3-4-6-50(65)74-33-42(63)34-76-78(70,71)75-27-24-55-49(64)21-25-72-28-29-73-26-23-57-53(67)36-9-18-43(46(30-36)54(68)69)51-44-19-16-40(61)31-47(44)77-48-32-41(62)17-20-45(48)51/h7-20,30-32,42,61,63H,3-6,21-29,33-34H2,1-2H3,(H,55,64)(H,56,66)(H,57,67)(H,68,69)(H,70,71)/b59-58+. The van der Waals surface area contributed by atoms with Crippen LogP contribution >= 0.6 is 7.82 Å². The number of carbonyl (C=O) groups is 5. The molecule has 0 spiro atoms. The number of nitrogens with zero attached hydrogens (tertiary/aromatic N) is 3. The van der Waals surface area contributed by atoms with Crippen LogP contribution in [-0.2, 0) is 37.4 Å². The minimum absolute atomic E-state index is 0.0329. The van der Waals surface area contributed by atoms with Crippen molar-refractivity contribution in [2.75, 3.05) is 84.9 Å². The van der Waals surface area contributed by atoms with Crippen LogP contribution in [-0.4, -0.2) is 136 Å². The molecule has 2 unspecified atom stereocenters. The van der Waals surface area contributed by atoms with Crippen LogP contribution in [0, 0.1) is 0 Å². The lowest BCUT2D eigenvalue weighted by Gasteiger charge is -2.17. The first-order valence-electron chi connectivity index (χ1n) is 24.8. The van der Waals surface area contributed by atoms with Gasteiger partial charge < -0.3 is 59.7 Å². The van der Waals surface area contributed by atoms with Gasteiger partial charge in [0.15, 0.2) is 5.43 Å². The zero-order valence-electron chi connectivity index (χ0n) is 42.9. The number of fused-ring (bicyclic) bond motifs is 2. The molecule has 6 rings (SSSR count). The maximum Gasteiger partial charge on any atom is 0.472 e. The molecule has 0 bridgehead atoms. The molecule has 23 nitrogen and oxygen atoms in total. The quantitative estimate of drug-likeness (QED) is 0.00778. The predicted molar refractivity (Wildman–Crippen MR) is 286 cm³/mol. The van der Waals surface area contributed by atoms with Gasteiger partial charge in [0.2, 0.25) is 5.91 Å². The molecular weight excluding hydrogens is 1040 g/mol. The SMILES string of the molecule is CN(C)c1ccc(/N=N/c2ccc(C(=O)NCCCCCC(=O)OCC(O)COP(=O)(O)OCCNC(=O)CCOCCOCCNC(=O)c3ccc(-c4c5ccc(=O)cc-5oc5cc(O)ccc45)c(C(=O)O)c3)cc2)cc1. The summed E-state index contributed by atoms with van der Waals surface area (Å²) in [4.78, 5) is 86.4. The van der Waals surface area contributed by atoms with Crippen molar-refractivity contribution in [2.45, 2.75) is 38.2 Å². The third kappa shape index (κ3) is 18.7. The lowest BCUT2D eigenvalue weighted by molar-refractivity contribution is -0.147. The molecule has 0 fully saturated rings. The van der Waals surface area contributed by atoms with Crippen LogP contribution in [0.2, 0.25) is 0 Å². The molecule has 24 heteroatoms. The van der Waals surface area contributed by atoms with Crippen LogP contribution in [0.4, 0.5) is 17.1 Å². The van der Waals surface area contributed by atoms with Crippen molar-refractivity contribution in [3.63, 3.8) is 0 Å². The third-order valence-corrected chi connectivity index (χ3v) is 12.5. The second kappa shape index (κ2) is 29.6. The second-order valence-corrected chi connectivity index (χ2v) is 19.1. The average molecular weight is 1100 g/mol. The number of azo groups is 1. The fourth-order valence-corrected chi connectivity index (χ4v) is 8.27. The Bertz CT molecular complexity index is 3110. The number of aliphatic hydroxyl groups is 1. The number of aromatic hydroxyl groups is 1. The monoisotopic (exact) mass is 1100 g/mol. The number of anilines is 1. The maximum absolute atomic E-state index is 13.0. The molecule has 1 heterocycles. The number of hydrogen-bond acceptors (Lipinski definition) is 18. The van der Waals surface area contributed by atoms with Crippen LogP contribution < -0.4 is 26.3 Å². The molecule has 2 atom stereocenters. The van der Waals surface area contributed by atoms with Gasteiger partial charge in [0.05, 0.1) is 56.6 Å². The molecule has 0 saturated carbocycles. The van der Waals surface area contributed by atoms with E-state index in [4.69, 9.17) is 27.7 Å². The molecule has 2 aliphatic rings. The first kappa shape index (κ1) is 59.4. The van der Waals surface area contributed by atoms with Crippen LogP contribution in [0.15, 0.2) is 123 Å². The second-order valence-electron chi connectivity index (χ2n) is 17.6. The van der Waals surface area contributed by atoms with Crippen molar-refractivity contribution >= 4 is 65.5 Å². The number of nitrogens with one attached hydrogen (secondary N) is 3. The number of phenolic OH excluding ortho intramolecular Hbond substituents is 1. The van der Waals surface area contributed by atoms with Crippen molar-refractivity contribution in [2.24, 2.45) is 10.2 Å². The van der Waals surface area contributed by atoms with E-state index in [1.165, 1.54) is 48.5 Å². The molecule has 4 aromatic rings. The molecule has 3 amide bonds. The summed E-state index contributed by atoms with van der Waals surface area (Å²) >= 11 is 0. The number of aliphatic hydroxyl groups excluding tert-OH is 1. The van der Waals surface area contributed by atoms with E-state index in [0.29, 0.717) is 59.3 Å². The summed E-state index contributed by atoms with van der Waals surface area (Å²) in [5.41, 5.74) is 3.80. The lowest BCUT2D eigenvalue weighted by Crippen LogP contribution is -2.28. The van der Waals surface area contributed by atoms with E-state index in [9.17, 15) is 53.5 Å². The average Bonchev–Trinajstić information content (AvgIpc) is 3.45. The molecule has 1 aliphatic heterocycles. The zero-order chi connectivity index (χ0) is 56.0. The summed E-state index contributed by atoms with van der Waals surface area (Å²) in [6.07, 6.45) is 0.303. The van der Waals surface area contributed by atoms with E-state index in [0.717, 1.165) is 5.69 Å². The highest BCUT2D eigenvalue weighted by Gasteiger charge is 2.25. The number of carboxylic acids is 1. The van der Waals surface area contributed by atoms with Crippen LogP contribution in [0.1, 0.15) is 63.2 Å². The summed E-state index contributed by atoms with van der Waals surface area (Å²) in [6, 6.07) is 27.1. The fraction of sp³-hybridized carbons (Fsp3) is 0.333. The summed E-state index contributed by atoms with van der Waals surface area (Å²) in [6.45, 7) is -0.814. The minimum Gasteiger partial charge on any atom is -0.508 e. The molecular formula is C54H61N6O17P. The Morgan fingerprint density at radius 3 is 2.05 bits per heavy atom. The Morgan fingerprint density at radius 1 is 0.679 bits per heavy atom. The predicted octanol–water partition coefficient (Wildman–Crippen LogP) is 6.75. The molecule has 78 heavy (non-hydrogen) atoms. The van der Waals surface area contributed by atoms with Crippen molar-refractivity contribution in [3.05, 3.63) is 130 Å². The normalized spacial score (nSPS) is 12.5. The van der Waals surface area contributed by atoms with Gasteiger partial charge in [-0.3, -0.25) is 33.0 Å². The maximum atomic E-state index is 13.0. The highest BCUT2D eigenvalue weighted by Crippen LogP contribution is 2.43. The number of benzene rings is 5. The molecule has 0 radical (unpaired) electrons. The van der Waals surface area contributed by atoms with Crippen molar-refractivity contribution in [3.8, 4) is 28.2 Å². The number of amides is 3. The number of phenols is 1. The Morgan fingerprint density at radius 2 is 1.33 bits per heavy atom. The van der Waals surface area contributed by atoms with Crippen LogP contribution in [0.5, 0.6) is 5.75 Å². The molecule has 414 valence electrons. The number of carboxylic acid groups (broad SMARTS) is 1. The number of esters is 1. The van der Waals surface area contributed by atoms with Gasteiger partial charge in [-0.05, 0) is 103 Å². The smallest absolute Gasteiger partial charge is 0.472 e. The largest absolute Gasteiger partial charge is 0.508 e. The molecule has 4 aromatic carbocycles. The van der Waals surface area contributed by atoms with Gasteiger partial charge in [-0.2, -0.15) is 10.2 Å². The number of phosphoric ester groups is 1. The topological polar surface area (TPSA) is 324 Å². The summed E-state index contributed by atoms with van der Waals surface area (Å²) in [5, 5.41) is 47.3. The van der Waals surface area contributed by atoms with E-state index in [1.807, 2.05) is 43.3 Å². The molecule has 0 saturated heterocycles. The van der Waals surface area contributed by atoms with E-state index in [-0.39, 0.29) is 97.5 Å². The third-order valence-electron chi connectivity index (χ3n) is 11.5. The summed E-state index contributed by atoms with van der Waals surface area (Å²) < 4.78 is 43.6. The van der Waals surface area contributed by atoms with Gasteiger partial charge in [0.1, 0.15) is 29.8 Å². The highest BCUT2D eigenvalue weighted by molar-refractivity contribution is 7.47. The minimum atomic E-state index is -4.62. The van der Waals surface area contributed by atoms with Crippen molar-refractivity contribution < 1.29 is 76.4 Å². The fourth-order valence-electron chi connectivity index (χ4n) is 7.51. The van der Waals surface area contributed by atoms with Crippen LogP contribution in [0.25, 0.3) is 33.4 Å². The number of ether oxygens (including phenoxy) is 3. The number of aromatic carboxylic acids is 1. The number of rotatable bonds is 31. The number of unbranched alkanes of at least 4 members (excludes halogenated alkanes) is 2. The highest BCUT2D eigenvalue weighted by atomic mass is 31.2. The number of phosphoric acid groups is 1. The molecule has 1 aliphatic carbocycles.